The molecule has 1 fully saturated rings. The van der Waals surface area contributed by atoms with E-state index >= 15 is 0 Å². The largest absolute Gasteiger partial charge is 0.346 e. The standard InChI is InChI=1S/C18H35NO/c1-3-4-5-6-7-8-9-13-16-19(2)18(20)17-14-11-10-12-15-17/h17H,3-16H2,1-2H3. The van der Waals surface area contributed by atoms with Gasteiger partial charge in [0.1, 0.15) is 0 Å². The Morgan fingerprint density at radius 2 is 1.45 bits per heavy atom. The minimum absolute atomic E-state index is 0.336. The average molecular weight is 281 g/mol. The van der Waals surface area contributed by atoms with E-state index in [4.69, 9.17) is 0 Å². The molecule has 2 heteroatoms. The zero-order valence-electron chi connectivity index (χ0n) is 13.8. The highest BCUT2D eigenvalue weighted by molar-refractivity contribution is 5.78. The SMILES string of the molecule is CCCCCCCCCCN(C)C(=O)C1CCCCC1. The zero-order valence-corrected chi connectivity index (χ0v) is 13.8. The third kappa shape index (κ3) is 7.31. The third-order valence-corrected chi connectivity index (χ3v) is 4.68. The highest BCUT2D eigenvalue weighted by Crippen LogP contribution is 2.25. The molecule has 1 rings (SSSR count). The Morgan fingerprint density at radius 1 is 0.900 bits per heavy atom. The molecule has 0 N–H and O–H groups in total. The lowest BCUT2D eigenvalue weighted by atomic mass is 9.88. The molecule has 0 aromatic carbocycles. The molecule has 2 nitrogen and oxygen atoms in total. The molecule has 1 aliphatic rings. The second-order valence-corrected chi connectivity index (χ2v) is 6.57. The van der Waals surface area contributed by atoms with Gasteiger partial charge >= 0.3 is 0 Å². The number of carbonyl (C=O) groups excluding carboxylic acids is 1. The summed E-state index contributed by atoms with van der Waals surface area (Å²) in [5.41, 5.74) is 0. The maximum atomic E-state index is 12.3. The first-order valence-corrected chi connectivity index (χ1v) is 9.00. The Labute approximate surface area is 126 Å². The number of hydrogen-bond acceptors (Lipinski definition) is 1. The van der Waals surface area contributed by atoms with Gasteiger partial charge in [0.15, 0.2) is 0 Å². The summed E-state index contributed by atoms with van der Waals surface area (Å²) in [5, 5.41) is 0. The zero-order chi connectivity index (χ0) is 14.6. The van der Waals surface area contributed by atoms with Crippen LogP contribution in [0, 0.1) is 5.92 Å². The number of unbranched alkanes of at least 4 members (excludes halogenated alkanes) is 7. The molecular weight excluding hydrogens is 246 g/mol. The van der Waals surface area contributed by atoms with Crippen molar-refractivity contribution >= 4 is 5.91 Å². The molecule has 0 aromatic rings. The Morgan fingerprint density at radius 3 is 2.05 bits per heavy atom. The van der Waals surface area contributed by atoms with E-state index in [1.54, 1.807) is 0 Å². The maximum absolute atomic E-state index is 12.3. The van der Waals surface area contributed by atoms with Crippen molar-refractivity contribution in [3.05, 3.63) is 0 Å². The van der Waals surface area contributed by atoms with Crippen LogP contribution in [0.1, 0.15) is 90.4 Å². The minimum atomic E-state index is 0.336. The van der Waals surface area contributed by atoms with Gasteiger partial charge in [-0.05, 0) is 19.3 Å². The van der Waals surface area contributed by atoms with Gasteiger partial charge in [0.2, 0.25) is 5.91 Å². The van der Waals surface area contributed by atoms with Gasteiger partial charge in [-0.2, -0.15) is 0 Å². The fraction of sp³-hybridized carbons (Fsp3) is 0.944. The molecule has 0 saturated heterocycles. The van der Waals surface area contributed by atoms with Gasteiger partial charge in [-0.3, -0.25) is 4.79 Å². The van der Waals surface area contributed by atoms with Crippen molar-refractivity contribution < 1.29 is 4.79 Å². The summed E-state index contributed by atoms with van der Waals surface area (Å²) in [7, 11) is 2.00. The fourth-order valence-corrected chi connectivity index (χ4v) is 3.25. The monoisotopic (exact) mass is 281 g/mol. The summed E-state index contributed by atoms with van der Waals surface area (Å²) in [6, 6.07) is 0. The molecule has 20 heavy (non-hydrogen) atoms. The van der Waals surface area contributed by atoms with Crippen molar-refractivity contribution in [1.82, 2.24) is 4.90 Å². The normalized spacial score (nSPS) is 16.3. The molecule has 0 spiro atoms. The molecule has 1 aliphatic carbocycles. The van der Waals surface area contributed by atoms with Gasteiger partial charge in [-0.1, -0.05) is 71.1 Å². The summed E-state index contributed by atoms with van der Waals surface area (Å²) in [6.07, 6.45) is 16.8. The molecule has 0 radical (unpaired) electrons. The Bertz CT molecular complexity index is 246. The van der Waals surface area contributed by atoms with Crippen LogP contribution in [0.4, 0.5) is 0 Å². The number of amides is 1. The van der Waals surface area contributed by atoms with Gasteiger partial charge in [0.05, 0.1) is 0 Å². The molecule has 0 heterocycles. The molecule has 1 amide bonds. The predicted molar refractivity (Wildman–Crippen MR) is 86.8 cm³/mol. The van der Waals surface area contributed by atoms with Crippen molar-refractivity contribution in [2.45, 2.75) is 90.4 Å². The molecular formula is C18H35NO. The van der Waals surface area contributed by atoms with Crippen molar-refractivity contribution in [2.24, 2.45) is 5.92 Å². The topological polar surface area (TPSA) is 20.3 Å². The average Bonchev–Trinajstić information content (AvgIpc) is 2.50. The van der Waals surface area contributed by atoms with E-state index in [0.717, 1.165) is 19.4 Å². The van der Waals surface area contributed by atoms with E-state index in [2.05, 4.69) is 6.92 Å². The summed E-state index contributed by atoms with van der Waals surface area (Å²) in [4.78, 5) is 14.3. The van der Waals surface area contributed by atoms with E-state index in [9.17, 15) is 4.79 Å². The van der Waals surface area contributed by atoms with Crippen LogP contribution in [0.25, 0.3) is 0 Å². The van der Waals surface area contributed by atoms with Crippen LogP contribution in [0.15, 0.2) is 0 Å². The highest BCUT2D eigenvalue weighted by atomic mass is 16.2. The second kappa shape index (κ2) is 11.2. The van der Waals surface area contributed by atoms with Crippen LogP contribution in [-0.2, 0) is 4.79 Å². The third-order valence-electron chi connectivity index (χ3n) is 4.68. The summed E-state index contributed by atoms with van der Waals surface area (Å²) < 4.78 is 0. The van der Waals surface area contributed by atoms with Crippen molar-refractivity contribution in [3.63, 3.8) is 0 Å². The van der Waals surface area contributed by atoms with Crippen LogP contribution in [0.3, 0.4) is 0 Å². The summed E-state index contributed by atoms with van der Waals surface area (Å²) in [6.45, 7) is 3.23. The smallest absolute Gasteiger partial charge is 0.225 e. The molecule has 0 aliphatic heterocycles. The lowest BCUT2D eigenvalue weighted by Crippen LogP contribution is -2.34. The quantitative estimate of drug-likeness (QED) is 0.506. The lowest BCUT2D eigenvalue weighted by Gasteiger charge is -2.26. The van der Waals surface area contributed by atoms with Gasteiger partial charge in [-0.15, -0.1) is 0 Å². The minimum Gasteiger partial charge on any atom is -0.346 e. The highest BCUT2D eigenvalue weighted by Gasteiger charge is 2.23. The molecule has 0 aromatic heterocycles. The molecule has 0 bridgehead atoms. The molecule has 1 saturated carbocycles. The van der Waals surface area contributed by atoms with E-state index in [1.165, 1.54) is 70.6 Å². The number of nitrogens with zero attached hydrogens (tertiary/aromatic N) is 1. The Balaban J connectivity index is 1.98. The van der Waals surface area contributed by atoms with Gasteiger partial charge in [0, 0.05) is 19.5 Å². The predicted octanol–water partition coefficient (Wildman–Crippen LogP) is 5.17. The first-order valence-electron chi connectivity index (χ1n) is 9.00. The van der Waals surface area contributed by atoms with Gasteiger partial charge < -0.3 is 4.90 Å². The molecule has 0 atom stereocenters. The Hall–Kier alpha value is -0.530. The number of carbonyl (C=O) groups is 1. The maximum Gasteiger partial charge on any atom is 0.225 e. The van der Waals surface area contributed by atoms with Crippen LogP contribution >= 0.6 is 0 Å². The number of hydrogen-bond donors (Lipinski definition) is 0. The van der Waals surface area contributed by atoms with E-state index in [1.807, 2.05) is 11.9 Å². The van der Waals surface area contributed by atoms with Crippen LogP contribution in [0.5, 0.6) is 0 Å². The first kappa shape index (κ1) is 17.5. The van der Waals surface area contributed by atoms with E-state index in [0.29, 0.717) is 11.8 Å². The lowest BCUT2D eigenvalue weighted by molar-refractivity contribution is -0.135. The van der Waals surface area contributed by atoms with Crippen LogP contribution in [0.2, 0.25) is 0 Å². The molecule has 118 valence electrons. The molecule has 0 unspecified atom stereocenters. The first-order chi connectivity index (χ1) is 9.75. The fourth-order valence-electron chi connectivity index (χ4n) is 3.25. The second-order valence-electron chi connectivity index (χ2n) is 6.57. The van der Waals surface area contributed by atoms with Crippen LogP contribution < -0.4 is 0 Å². The van der Waals surface area contributed by atoms with Gasteiger partial charge in [-0.25, -0.2) is 0 Å². The number of rotatable bonds is 10. The van der Waals surface area contributed by atoms with Crippen molar-refractivity contribution in [3.8, 4) is 0 Å². The van der Waals surface area contributed by atoms with E-state index < -0.39 is 0 Å². The van der Waals surface area contributed by atoms with Crippen molar-refractivity contribution in [2.75, 3.05) is 13.6 Å². The summed E-state index contributed by atoms with van der Waals surface area (Å²) in [5.74, 6) is 0.746. The Kier molecular flexibility index (Phi) is 9.78. The van der Waals surface area contributed by atoms with E-state index in [-0.39, 0.29) is 0 Å². The van der Waals surface area contributed by atoms with Gasteiger partial charge in [0.25, 0.3) is 0 Å². The van der Waals surface area contributed by atoms with Crippen molar-refractivity contribution in [1.29, 1.82) is 0 Å². The summed E-state index contributed by atoms with van der Waals surface area (Å²) >= 11 is 0. The van der Waals surface area contributed by atoms with Crippen LogP contribution in [-0.4, -0.2) is 24.4 Å².